The summed E-state index contributed by atoms with van der Waals surface area (Å²) in [6, 6.07) is 28.7. The molecule has 0 bridgehead atoms. The van der Waals surface area contributed by atoms with Crippen molar-refractivity contribution in [3.8, 4) is 11.1 Å². The number of ether oxygens (including phenoxy) is 1. The first-order valence-electron chi connectivity index (χ1n) is 11.8. The molecule has 8 heteroatoms. The summed E-state index contributed by atoms with van der Waals surface area (Å²) in [6.07, 6.45) is 0. The first-order valence-corrected chi connectivity index (χ1v) is 11.8. The van der Waals surface area contributed by atoms with Gasteiger partial charge in [-0.05, 0) is 46.5 Å². The minimum atomic E-state index is -1.24. The van der Waals surface area contributed by atoms with Gasteiger partial charge in [-0.15, -0.1) is 0 Å². The van der Waals surface area contributed by atoms with Crippen molar-refractivity contribution in [1.29, 1.82) is 0 Å². The zero-order valence-corrected chi connectivity index (χ0v) is 20.3. The minimum Gasteiger partial charge on any atom is -0.478 e. The molecule has 0 saturated carbocycles. The number of hydrogen-bond donors (Lipinski definition) is 3. The molecule has 38 heavy (non-hydrogen) atoms. The van der Waals surface area contributed by atoms with E-state index in [0.717, 1.165) is 11.1 Å². The van der Waals surface area contributed by atoms with Crippen LogP contribution in [0.25, 0.3) is 11.1 Å². The number of rotatable bonds is 10. The molecule has 0 saturated heterocycles. The molecule has 192 valence electrons. The molecule has 0 atom stereocenters. The number of hydrogen-bond acceptors (Lipinski definition) is 4. The molecule has 0 aliphatic rings. The molecule has 0 aliphatic carbocycles. The molecule has 0 radical (unpaired) electrons. The number of halogens is 1. The Bertz CT molecular complexity index is 1370. The fourth-order valence-electron chi connectivity index (χ4n) is 3.93. The number of aromatic carboxylic acids is 1. The average Bonchev–Trinajstić information content (AvgIpc) is 2.93. The van der Waals surface area contributed by atoms with Gasteiger partial charge in [0.1, 0.15) is 19.0 Å². The molecule has 3 N–H and O–H groups in total. The van der Waals surface area contributed by atoms with Crippen LogP contribution in [0.4, 0.5) is 10.1 Å². The molecule has 4 rings (SSSR count). The van der Waals surface area contributed by atoms with Gasteiger partial charge in [0.25, 0.3) is 0 Å². The normalized spacial score (nSPS) is 10.7. The van der Waals surface area contributed by atoms with E-state index in [1.165, 1.54) is 36.4 Å². The molecular weight excluding hydrogens is 487 g/mol. The number of carboxylic acids is 1. The van der Waals surface area contributed by atoms with E-state index >= 15 is 0 Å². The molecule has 0 aromatic heterocycles. The zero-order valence-electron chi connectivity index (χ0n) is 20.3. The molecule has 0 spiro atoms. The molecule has 0 unspecified atom stereocenters. The summed E-state index contributed by atoms with van der Waals surface area (Å²) in [5.74, 6) is -2.67. The van der Waals surface area contributed by atoms with Gasteiger partial charge < -0.3 is 20.5 Å². The molecule has 0 aliphatic heterocycles. The van der Waals surface area contributed by atoms with Crippen LogP contribution in [0.15, 0.2) is 103 Å². The topological polar surface area (TPSA) is 105 Å². The maximum Gasteiger partial charge on any atom is 0.337 e. The van der Waals surface area contributed by atoms with Gasteiger partial charge in [-0.1, -0.05) is 78.9 Å². The number of nitrogens with one attached hydrogen (secondary N) is 2. The third-order valence-corrected chi connectivity index (χ3v) is 5.74. The number of carboxylic acid groups (broad SMARTS) is 1. The highest BCUT2D eigenvalue weighted by Gasteiger charge is 2.18. The lowest BCUT2D eigenvalue weighted by molar-refractivity contribution is -0.129. The third-order valence-electron chi connectivity index (χ3n) is 5.74. The van der Waals surface area contributed by atoms with Crippen LogP contribution in [-0.4, -0.2) is 36.1 Å². The van der Waals surface area contributed by atoms with Crippen molar-refractivity contribution in [2.75, 3.05) is 18.5 Å². The number of carbonyl (C=O) groups is 3. The van der Waals surface area contributed by atoms with Crippen LogP contribution in [0, 0.1) is 5.82 Å². The Balaban J connectivity index is 1.35. The second-order valence-corrected chi connectivity index (χ2v) is 8.44. The smallest absolute Gasteiger partial charge is 0.337 e. The van der Waals surface area contributed by atoms with Gasteiger partial charge in [-0.2, -0.15) is 0 Å². The highest BCUT2D eigenvalue weighted by Crippen LogP contribution is 2.26. The number of carbonyl (C=O) groups excluding carboxylic acids is 2. The summed E-state index contributed by atoms with van der Waals surface area (Å²) in [6.45, 7) is -0.813. The van der Waals surface area contributed by atoms with E-state index in [9.17, 15) is 23.9 Å². The maximum atomic E-state index is 13.2. The largest absolute Gasteiger partial charge is 0.478 e. The van der Waals surface area contributed by atoms with Crippen molar-refractivity contribution < 1.29 is 28.6 Å². The Morgan fingerprint density at radius 2 is 1.29 bits per heavy atom. The number of benzene rings is 4. The van der Waals surface area contributed by atoms with E-state index in [1.54, 1.807) is 6.07 Å². The van der Waals surface area contributed by atoms with Gasteiger partial charge in [-0.3, -0.25) is 9.59 Å². The highest BCUT2D eigenvalue weighted by atomic mass is 19.1. The van der Waals surface area contributed by atoms with Crippen LogP contribution in [0.2, 0.25) is 0 Å². The molecule has 2 amide bonds. The molecule has 4 aromatic carbocycles. The summed E-state index contributed by atoms with van der Waals surface area (Å²) < 4.78 is 18.5. The van der Waals surface area contributed by atoms with E-state index in [-0.39, 0.29) is 23.9 Å². The molecule has 7 nitrogen and oxygen atoms in total. The highest BCUT2D eigenvalue weighted by molar-refractivity contribution is 6.02. The van der Waals surface area contributed by atoms with Crippen LogP contribution in [-0.2, 0) is 14.3 Å². The van der Waals surface area contributed by atoms with Crippen molar-refractivity contribution >= 4 is 23.5 Å². The lowest BCUT2D eigenvalue weighted by atomic mass is 9.99. The van der Waals surface area contributed by atoms with Gasteiger partial charge in [0, 0.05) is 0 Å². The third kappa shape index (κ3) is 6.89. The molecular formula is C30H25FN2O5. The fraction of sp³-hybridized carbons (Fsp3) is 0.100. The second kappa shape index (κ2) is 12.4. The van der Waals surface area contributed by atoms with Gasteiger partial charge >= 0.3 is 5.97 Å². The molecule has 0 heterocycles. The summed E-state index contributed by atoms with van der Waals surface area (Å²) in [7, 11) is 0. The lowest BCUT2D eigenvalue weighted by Gasteiger charge is -2.20. The Hall–Kier alpha value is -4.82. The Kier molecular flexibility index (Phi) is 8.58. The lowest BCUT2D eigenvalue weighted by Crippen LogP contribution is -2.33. The second-order valence-electron chi connectivity index (χ2n) is 8.44. The van der Waals surface area contributed by atoms with E-state index < -0.39 is 30.2 Å². The SMILES string of the molecule is O=C(COCC(=O)NC(c1ccccc1)c1ccccc1)Nc1ccc(-c2ccc(F)cc2)cc1C(=O)O. The van der Waals surface area contributed by atoms with Gasteiger partial charge in [0.2, 0.25) is 11.8 Å². The van der Waals surface area contributed by atoms with Gasteiger partial charge in [0.15, 0.2) is 0 Å². The van der Waals surface area contributed by atoms with Gasteiger partial charge in [-0.25, -0.2) is 9.18 Å². The summed E-state index contributed by atoms with van der Waals surface area (Å²) in [5, 5.41) is 15.1. The van der Waals surface area contributed by atoms with Crippen molar-refractivity contribution in [3.63, 3.8) is 0 Å². The van der Waals surface area contributed by atoms with Crippen molar-refractivity contribution in [2.45, 2.75) is 6.04 Å². The number of amides is 2. The predicted octanol–water partition coefficient (Wildman–Crippen LogP) is 5.05. The first-order chi connectivity index (χ1) is 18.4. The van der Waals surface area contributed by atoms with Crippen molar-refractivity contribution in [2.24, 2.45) is 0 Å². The zero-order chi connectivity index (χ0) is 26.9. The Morgan fingerprint density at radius 3 is 1.87 bits per heavy atom. The van der Waals surface area contributed by atoms with Crippen molar-refractivity contribution in [3.05, 3.63) is 126 Å². The maximum absolute atomic E-state index is 13.2. The van der Waals surface area contributed by atoms with E-state index in [0.29, 0.717) is 11.1 Å². The minimum absolute atomic E-state index is 0.0784. The molecule has 0 fully saturated rings. The quantitative estimate of drug-likeness (QED) is 0.276. The standard InChI is InChI=1S/C30H25FN2O5/c31-24-14-11-20(12-15-24)23-13-16-26(25(17-23)30(36)37)32-27(34)18-38-19-28(35)33-29(21-7-3-1-4-8-21)22-9-5-2-6-10-22/h1-17,29H,18-19H2,(H,32,34)(H,33,35)(H,36,37). The van der Waals surface area contributed by atoms with Gasteiger partial charge in [0.05, 0.1) is 17.3 Å². The van der Waals surface area contributed by atoms with E-state index in [1.807, 2.05) is 60.7 Å². The first kappa shape index (κ1) is 26.2. The Labute approximate surface area is 218 Å². The number of anilines is 1. The van der Waals surface area contributed by atoms with E-state index in [4.69, 9.17) is 4.74 Å². The van der Waals surface area contributed by atoms with Crippen LogP contribution in [0.3, 0.4) is 0 Å². The predicted molar refractivity (Wildman–Crippen MR) is 141 cm³/mol. The average molecular weight is 513 g/mol. The fourth-order valence-corrected chi connectivity index (χ4v) is 3.93. The summed E-state index contributed by atoms with van der Waals surface area (Å²) in [5.41, 5.74) is 2.93. The van der Waals surface area contributed by atoms with Crippen LogP contribution < -0.4 is 10.6 Å². The van der Waals surface area contributed by atoms with Crippen LogP contribution in [0.1, 0.15) is 27.5 Å². The molecule has 4 aromatic rings. The van der Waals surface area contributed by atoms with Crippen LogP contribution in [0.5, 0.6) is 0 Å². The van der Waals surface area contributed by atoms with Crippen LogP contribution >= 0.6 is 0 Å². The van der Waals surface area contributed by atoms with Crippen molar-refractivity contribution in [1.82, 2.24) is 5.32 Å². The summed E-state index contributed by atoms with van der Waals surface area (Å²) >= 11 is 0. The summed E-state index contributed by atoms with van der Waals surface area (Å²) in [4.78, 5) is 36.8. The van der Waals surface area contributed by atoms with E-state index in [2.05, 4.69) is 10.6 Å². The Morgan fingerprint density at radius 1 is 0.737 bits per heavy atom. The monoisotopic (exact) mass is 512 g/mol.